The summed E-state index contributed by atoms with van der Waals surface area (Å²) in [6.45, 7) is 0. The van der Waals surface area contributed by atoms with Crippen LogP contribution in [-0.2, 0) is 0 Å². The standard InChI is InChI=1S/C8H18N2/c1-9(2)7-5-6-8(7)10(3)4/h7-8H,5-6H2,1-4H3. The minimum absolute atomic E-state index is 0.801. The van der Waals surface area contributed by atoms with Crippen molar-refractivity contribution in [2.45, 2.75) is 24.9 Å². The van der Waals surface area contributed by atoms with Gasteiger partial charge in [-0.1, -0.05) is 0 Å². The number of hydrogen-bond donors (Lipinski definition) is 0. The summed E-state index contributed by atoms with van der Waals surface area (Å²) in [5, 5.41) is 0. The Hall–Kier alpha value is -0.0800. The molecule has 0 aliphatic heterocycles. The van der Waals surface area contributed by atoms with Crippen LogP contribution in [0.5, 0.6) is 0 Å². The zero-order valence-corrected chi connectivity index (χ0v) is 7.46. The molecule has 10 heavy (non-hydrogen) atoms. The molecule has 0 N–H and O–H groups in total. The van der Waals surface area contributed by atoms with Gasteiger partial charge in [-0.05, 0) is 41.0 Å². The maximum atomic E-state index is 2.33. The van der Waals surface area contributed by atoms with E-state index in [0.29, 0.717) is 0 Å². The predicted molar refractivity (Wildman–Crippen MR) is 44.2 cm³/mol. The van der Waals surface area contributed by atoms with Crippen LogP contribution in [0.3, 0.4) is 0 Å². The van der Waals surface area contributed by atoms with Crippen LogP contribution in [0.15, 0.2) is 0 Å². The summed E-state index contributed by atoms with van der Waals surface area (Å²) in [6, 6.07) is 1.60. The topological polar surface area (TPSA) is 6.48 Å². The van der Waals surface area contributed by atoms with Crippen LogP contribution in [-0.4, -0.2) is 50.1 Å². The molecule has 1 aliphatic carbocycles. The third kappa shape index (κ3) is 1.32. The predicted octanol–water partition coefficient (Wildman–Crippen LogP) is 0.641. The van der Waals surface area contributed by atoms with E-state index in [-0.39, 0.29) is 0 Å². The van der Waals surface area contributed by atoms with E-state index >= 15 is 0 Å². The number of nitrogens with zero attached hydrogens (tertiary/aromatic N) is 2. The molecule has 0 radical (unpaired) electrons. The van der Waals surface area contributed by atoms with Crippen LogP contribution < -0.4 is 0 Å². The molecule has 1 fully saturated rings. The lowest BCUT2D eigenvalue weighted by atomic mass is 9.85. The molecule has 2 unspecified atom stereocenters. The molecule has 1 saturated carbocycles. The van der Waals surface area contributed by atoms with Gasteiger partial charge in [-0.15, -0.1) is 0 Å². The van der Waals surface area contributed by atoms with Crippen LogP contribution >= 0.6 is 0 Å². The molecule has 0 heterocycles. The molecule has 0 aromatic heterocycles. The van der Waals surface area contributed by atoms with Crippen molar-refractivity contribution in [2.75, 3.05) is 28.2 Å². The van der Waals surface area contributed by atoms with E-state index in [2.05, 4.69) is 38.0 Å². The number of rotatable bonds is 2. The second-order valence-corrected chi connectivity index (χ2v) is 3.64. The van der Waals surface area contributed by atoms with Gasteiger partial charge in [0.15, 0.2) is 0 Å². The van der Waals surface area contributed by atoms with Crippen LogP contribution in [0.25, 0.3) is 0 Å². The Morgan fingerprint density at radius 3 is 1.20 bits per heavy atom. The van der Waals surface area contributed by atoms with E-state index in [1.54, 1.807) is 0 Å². The van der Waals surface area contributed by atoms with Crippen molar-refractivity contribution in [3.63, 3.8) is 0 Å². The highest BCUT2D eigenvalue weighted by molar-refractivity contribution is 4.91. The summed E-state index contributed by atoms with van der Waals surface area (Å²) in [6.07, 6.45) is 2.74. The van der Waals surface area contributed by atoms with E-state index in [1.165, 1.54) is 12.8 Å². The zero-order valence-electron chi connectivity index (χ0n) is 7.46. The molecule has 2 nitrogen and oxygen atoms in total. The van der Waals surface area contributed by atoms with Gasteiger partial charge in [0.05, 0.1) is 0 Å². The van der Waals surface area contributed by atoms with Crippen molar-refractivity contribution >= 4 is 0 Å². The minimum atomic E-state index is 0.801. The van der Waals surface area contributed by atoms with Crippen molar-refractivity contribution in [3.8, 4) is 0 Å². The summed E-state index contributed by atoms with van der Waals surface area (Å²) >= 11 is 0. The van der Waals surface area contributed by atoms with Crippen molar-refractivity contribution < 1.29 is 0 Å². The molecule has 0 saturated heterocycles. The van der Waals surface area contributed by atoms with Crippen molar-refractivity contribution in [2.24, 2.45) is 0 Å². The molecule has 2 heteroatoms. The molecule has 2 atom stereocenters. The summed E-state index contributed by atoms with van der Waals surface area (Å²) in [5.74, 6) is 0. The molecule has 1 rings (SSSR count). The van der Waals surface area contributed by atoms with Gasteiger partial charge in [0.1, 0.15) is 0 Å². The summed E-state index contributed by atoms with van der Waals surface area (Å²) in [5.41, 5.74) is 0. The Labute approximate surface area is 63.8 Å². The molecule has 0 spiro atoms. The van der Waals surface area contributed by atoms with E-state index in [4.69, 9.17) is 0 Å². The maximum absolute atomic E-state index is 2.33. The Morgan fingerprint density at radius 2 is 1.10 bits per heavy atom. The average Bonchev–Trinajstić information content (AvgIpc) is 1.56. The third-order valence-electron chi connectivity index (χ3n) is 2.53. The molecular weight excluding hydrogens is 124 g/mol. The van der Waals surface area contributed by atoms with Crippen LogP contribution in [0.2, 0.25) is 0 Å². The van der Waals surface area contributed by atoms with Crippen molar-refractivity contribution in [3.05, 3.63) is 0 Å². The Kier molecular flexibility index (Phi) is 2.32. The monoisotopic (exact) mass is 142 g/mol. The molecule has 0 bridgehead atoms. The highest BCUT2D eigenvalue weighted by atomic mass is 15.2. The van der Waals surface area contributed by atoms with Gasteiger partial charge in [0.2, 0.25) is 0 Å². The molecule has 0 amide bonds. The Balaban J connectivity index is 2.36. The second-order valence-electron chi connectivity index (χ2n) is 3.64. The number of likely N-dealkylation sites (N-methyl/N-ethyl adjacent to an activating group) is 2. The molecular formula is C8H18N2. The zero-order chi connectivity index (χ0) is 7.72. The van der Waals surface area contributed by atoms with Crippen molar-refractivity contribution in [1.82, 2.24) is 9.80 Å². The van der Waals surface area contributed by atoms with Crippen LogP contribution in [0, 0.1) is 0 Å². The van der Waals surface area contributed by atoms with Crippen molar-refractivity contribution in [1.29, 1.82) is 0 Å². The fourth-order valence-corrected chi connectivity index (χ4v) is 1.67. The SMILES string of the molecule is CN(C)C1CCC1N(C)C. The third-order valence-corrected chi connectivity index (χ3v) is 2.53. The quantitative estimate of drug-likeness (QED) is 0.558. The molecule has 1 aliphatic rings. The fourth-order valence-electron chi connectivity index (χ4n) is 1.67. The highest BCUT2D eigenvalue weighted by Crippen LogP contribution is 2.26. The second kappa shape index (κ2) is 2.89. The molecule has 0 aromatic carbocycles. The van der Waals surface area contributed by atoms with Gasteiger partial charge in [0, 0.05) is 12.1 Å². The first kappa shape index (κ1) is 8.02. The highest BCUT2D eigenvalue weighted by Gasteiger charge is 2.33. The first-order valence-corrected chi connectivity index (χ1v) is 3.96. The Morgan fingerprint density at radius 1 is 0.800 bits per heavy atom. The molecule has 0 aromatic rings. The van der Waals surface area contributed by atoms with Gasteiger partial charge in [-0.25, -0.2) is 0 Å². The summed E-state index contributed by atoms with van der Waals surface area (Å²) < 4.78 is 0. The first-order valence-electron chi connectivity index (χ1n) is 3.96. The lowest BCUT2D eigenvalue weighted by Crippen LogP contribution is -2.53. The Bertz CT molecular complexity index is 95.8. The summed E-state index contributed by atoms with van der Waals surface area (Å²) in [7, 11) is 8.67. The van der Waals surface area contributed by atoms with E-state index in [0.717, 1.165) is 12.1 Å². The smallest absolute Gasteiger partial charge is 0.0245 e. The lowest BCUT2D eigenvalue weighted by molar-refractivity contribution is 0.0662. The van der Waals surface area contributed by atoms with E-state index in [1.807, 2.05) is 0 Å². The first-order chi connectivity index (χ1) is 4.63. The molecule has 60 valence electrons. The lowest BCUT2D eigenvalue weighted by Gasteiger charge is -2.44. The fraction of sp³-hybridized carbons (Fsp3) is 1.00. The van der Waals surface area contributed by atoms with E-state index in [9.17, 15) is 0 Å². The van der Waals surface area contributed by atoms with Gasteiger partial charge >= 0.3 is 0 Å². The number of hydrogen-bond acceptors (Lipinski definition) is 2. The maximum Gasteiger partial charge on any atom is 0.0245 e. The van der Waals surface area contributed by atoms with Gasteiger partial charge in [-0.3, -0.25) is 0 Å². The summed E-state index contributed by atoms with van der Waals surface area (Å²) in [4.78, 5) is 4.66. The van der Waals surface area contributed by atoms with Gasteiger partial charge in [0.25, 0.3) is 0 Å². The van der Waals surface area contributed by atoms with Crippen LogP contribution in [0.1, 0.15) is 12.8 Å². The van der Waals surface area contributed by atoms with Crippen LogP contribution in [0.4, 0.5) is 0 Å². The largest absolute Gasteiger partial charge is 0.305 e. The van der Waals surface area contributed by atoms with E-state index < -0.39 is 0 Å². The van der Waals surface area contributed by atoms with Gasteiger partial charge < -0.3 is 9.80 Å². The normalized spacial score (nSPS) is 33.0. The average molecular weight is 142 g/mol. The minimum Gasteiger partial charge on any atom is -0.305 e. The van der Waals surface area contributed by atoms with Gasteiger partial charge in [-0.2, -0.15) is 0 Å².